The minimum Gasteiger partial charge on any atom is -0.458 e. The van der Waals surface area contributed by atoms with Crippen molar-refractivity contribution in [3.63, 3.8) is 0 Å². The summed E-state index contributed by atoms with van der Waals surface area (Å²) in [4.78, 5) is 23.7. The first-order valence-electron chi connectivity index (χ1n) is 6.63. The minimum absolute atomic E-state index is 0.130. The highest BCUT2D eigenvalue weighted by molar-refractivity contribution is 6.37. The summed E-state index contributed by atoms with van der Waals surface area (Å²) in [6.07, 6.45) is 0. The molecule has 0 aromatic heterocycles. The van der Waals surface area contributed by atoms with Crippen LogP contribution in [0.15, 0.2) is 36.4 Å². The number of benzene rings is 2. The molecule has 0 N–H and O–H groups in total. The number of hydrogen-bond acceptors (Lipinski definition) is 4. The van der Waals surface area contributed by atoms with Crippen molar-refractivity contribution in [2.75, 3.05) is 13.2 Å². The maximum atomic E-state index is 11.9. The van der Waals surface area contributed by atoms with Crippen LogP contribution in [-0.4, -0.2) is 25.2 Å². The van der Waals surface area contributed by atoms with E-state index in [1.54, 1.807) is 0 Å². The van der Waals surface area contributed by atoms with Crippen molar-refractivity contribution in [1.29, 1.82) is 0 Å². The van der Waals surface area contributed by atoms with E-state index in [0.717, 1.165) is 0 Å². The standard InChI is InChI=1S/C16H10Cl4O4/c17-9-1-3-11(13(19)7-9)15(21)23-5-6-24-16(22)12-4-2-10(18)8-14(12)20/h1-4,7-8H,5-6H2. The van der Waals surface area contributed by atoms with Gasteiger partial charge in [-0.1, -0.05) is 46.4 Å². The van der Waals surface area contributed by atoms with E-state index in [9.17, 15) is 9.59 Å². The lowest BCUT2D eigenvalue weighted by Gasteiger charge is -2.08. The van der Waals surface area contributed by atoms with E-state index < -0.39 is 11.9 Å². The molecule has 4 nitrogen and oxygen atoms in total. The Kier molecular flexibility index (Phi) is 6.75. The van der Waals surface area contributed by atoms with Crippen molar-refractivity contribution in [2.45, 2.75) is 0 Å². The molecule has 8 heteroatoms. The van der Waals surface area contributed by atoms with Gasteiger partial charge in [-0.05, 0) is 36.4 Å². The predicted octanol–water partition coefficient (Wildman–Crippen LogP) is 5.31. The number of rotatable bonds is 5. The van der Waals surface area contributed by atoms with Gasteiger partial charge in [-0.25, -0.2) is 9.59 Å². The molecule has 0 spiro atoms. The number of halogens is 4. The molecule has 0 aliphatic carbocycles. The van der Waals surface area contributed by atoms with Crippen LogP contribution in [-0.2, 0) is 9.47 Å². The topological polar surface area (TPSA) is 52.6 Å². The predicted molar refractivity (Wildman–Crippen MR) is 93.5 cm³/mol. The first-order chi connectivity index (χ1) is 11.4. The molecule has 0 amide bonds. The molecule has 0 saturated carbocycles. The molecule has 0 saturated heterocycles. The Hall–Kier alpha value is -1.46. The Morgan fingerprint density at radius 2 is 1.08 bits per heavy atom. The molecular weight excluding hydrogens is 398 g/mol. The number of hydrogen-bond donors (Lipinski definition) is 0. The van der Waals surface area contributed by atoms with Gasteiger partial charge in [0.1, 0.15) is 13.2 Å². The molecular formula is C16H10Cl4O4. The van der Waals surface area contributed by atoms with Crippen LogP contribution < -0.4 is 0 Å². The third-order valence-corrected chi connectivity index (χ3v) is 3.95. The van der Waals surface area contributed by atoms with Crippen molar-refractivity contribution in [3.05, 3.63) is 67.6 Å². The van der Waals surface area contributed by atoms with Gasteiger partial charge >= 0.3 is 11.9 Å². The van der Waals surface area contributed by atoms with Gasteiger partial charge in [0.25, 0.3) is 0 Å². The second-order valence-electron chi connectivity index (χ2n) is 4.52. The quantitative estimate of drug-likeness (QED) is 0.497. The van der Waals surface area contributed by atoms with Gasteiger partial charge in [-0.2, -0.15) is 0 Å². The summed E-state index contributed by atoms with van der Waals surface area (Å²) in [5, 5.41) is 1.17. The van der Waals surface area contributed by atoms with Crippen LogP contribution in [0.3, 0.4) is 0 Å². The summed E-state index contributed by atoms with van der Waals surface area (Å²) >= 11 is 23.3. The van der Waals surface area contributed by atoms with Crippen LogP contribution in [0.25, 0.3) is 0 Å². The summed E-state index contributed by atoms with van der Waals surface area (Å²) in [5.41, 5.74) is 0.348. The Morgan fingerprint density at radius 3 is 1.42 bits per heavy atom. The minimum atomic E-state index is -0.641. The molecule has 0 radical (unpaired) electrons. The van der Waals surface area contributed by atoms with Gasteiger partial charge in [-0.3, -0.25) is 0 Å². The van der Waals surface area contributed by atoms with E-state index in [0.29, 0.717) is 10.0 Å². The smallest absolute Gasteiger partial charge is 0.339 e. The molecule has 0 aliphatic heterocycles. The number of carbonyl (C=O) groups excluding carboxylic acids is 2. The van der Waals surface area contributed by atoms with Gasteiger partial charge in [-0.15, -0.1) is 0 Å². The summed E-state index contributed by atoms with van der Waals surface area (Å²) in [5.74, 6) is -1.28. The van der Waals surface area contributed by atoms with Crippen LogP contribution in [0.2, 0.25) is 20.1 Å². The maximum Gasteiger partial charge on any atom is 0.339 e. The summed E-state index contributed by atoms with van der Waals surface area (Å²) in [6.45, 7) is -0.260. The molecule has 0 bridgehead atoms. The molecule has 24 heavy (non-hydrogen) atoms. The van der Waals surface area contributed by atoms with Crippen LogP contribution in [0, 0.1) is 0 Å². The third-order valence-electron chi connectivity index (χ3n) is 2.85. The van der Waals surface area contributed by atoms with Crippen molar-refractivity contribution in [1.82, 2.24) is 0 Å². The highest BCUT2D eigenvalue weighted by Crippen LogP contribution is 2.22. The average Bonchev–Trinajstić information content (AvgIpc) is 2.51. The Morgan fingerprint density at radius 1 is 0.708 bits per heavy atom. The SMILES string of the molecule is O=C(OCCOC(=O)c1ccc(Cl)cc1Cl)c1ccc(Cl)cc1Cl. The second kappa shape index (κ2) is 8.58. The third kappa shape index (κ3) is 5.02. The van der Waals surface area contributed by atoms with Crippen molar-refractivity contribution in [3.8, 4) is 0 Å². The van der Waals surface area contributed by atoms with Gasteiger partial charge in [0, 0.05) is 10.0 Å². The zero-order valence-corrected chi connectivity index (χ0v) is 15.0. The number of ether oxygens (including phenoxy) is 2. The summed E-state index contributed by atoms with van der Waals surface area (Å²) in [7, 11) is 0. The summed E-state index contributed by atoms with van der Waals surface area (Å²) < 4.78 is 9.97. The first-order valence-corrected chi connectivity index (χ1v) is 8.14. The van der Waals surface area contributed by atoms with Crippen LogP contribution in [0.4, 0.5) is 0 Å². The van der Waals surface area contributed by atoms with E-state index in [1.165, 1.54) is 36.4 Å². The fraction of sp³-hybridized carbons (Fsp3) is 0.125. The highest BCUT2D eigenvalue weighted by atomic mass is 35.5. The zero-order chi connectivity index (χ0) is 17.7. The van der Waals surface area contributed by atoms with Gasteiger partial charge < -0.3 is 9.47 Å². The van der Waals surface area contributed by atoms with Crippen LogP contribution in [0.5, 0.6) is 0 Å². The normalized spacial score (nSPS) is 10.3. The average molecular weight is 408 g/mol. The highest BCUT2D eigenvalue weighted by Gasteiger charge is 2.14. The van der Waals surface area contributed by atoms with Crippen molar-refractivity contribution in [2.24, 2.45) is 0 Å². The molecule has 0 aliphatic rings. The maximum absolute atomic E-state index is 11.9. The molecule has 0 heterocycles. The van der Waals surface area contributed by atoms with E-state index in [4.69, 9.17) is 55.9 Å². The van der Waals surface area contributed by atoms with E-state index in [-0.39, 0.29) is 34.4 Å². The van der Waals surface area contributed by atoms with Crippen molar-refractivity contribution >= 4 is 58.3 Å². The molecule has 126 valence electrons. The first kappa shape index (κ1) is 18.9. The number of esters is 2. The van der Waals surface area contributed by atoms with Crippen LogP contribution >= 0.6 is 46.4 Å². The summed E-state index contributed by atoms with van der Waals surface area (Å²) in [6, 6.07) is 8.81. The molecule has 2 aromatic carbocycles. The fourth-order valence-electron chi connectivity index (χ4n) is 1.73. The molecule has 2 aromatic rings. The molecule has 0 fully saturated rings. The monoisotopic (exact) mass is 406 g/mol. The molecule has 2 rings (SSSR count). The largest absolute Gasteiger partial charge is 0.458 e. The van der Waals surface area contributed by atoms with Crippen LogP contribution in [0.1, 0.15) is 20.7 Å². The van der Waals surface area contributed by atoms with Gasteiger partial charge in [0.15, 0.2) is 0 Å². The van der Waals surface area contributed by atoms with Crippen molar-refractivity contribution < 1.29 is 19.1 Å². The Labute approximate surface area is 158 Å². The lowest BCUT2D eigenvalue weighted by Crippen LogP contribution is -2.14. The van der Waals surface area contributed by atoms with Gasteiger partial charge in [0.05, 0.1) is 21.2 Å². The Balaban J connectivity index is 1.84. The molecule has 0 atom stereocenters. The van der Waals surface area contributed by atoms with E-state index in [2.05, 4.69) is 0 Å². The Bertz CT molecular complexity index is 711. The zero-order valence-electron chi connectivity index (χ0n) is 12.0. The molecule has 0 unspecified atom stereocenters. The van der Waals surface area contributed by atoms with E-state index >= 15 is 0 Å². The van der Waals surface area contributed by atoms with E-state index in [1.807, 2.05) is 0 Å². The second-order valence-corrected chi connectivity index (χ2v) is 6.21. The lowest BCUT2D eigenvalue weighted by atomic mass is 10.2. The fourth-order valence-corrected chi connectivity index (χ4v) is 2.71. The van der Waals surface area contributed by atoms with Gasteiger partial charge in [0.2, 0.25) is 0 Å². The number of carbonyl (C=O) groups is 2. The lowest BCUT2D eigenvalue weighted by molar-refractivity contribution is 0.0266.